The number of hydrogen-bond acceptors (Lipinski definition) is 5. The third kappa shape index (κ3) is 4.14. The Kier molecular flexibility index (Phi) is 5.65. The summed E-state index contributed by atoms with van der Waals surface area (Å²) in [5, 5.41) is 12.2. The van der Waals surface area contributed by atoms with Gasteiger partial charge in [0.2, 0.25) is 0 Å². The Bertz CT molecular complexity index is 1540. The molecule has 2 aromatic heterocycles. The quantitative estimate of drug-likeness (QED) is 0.307. The molecule has 5 nitrogen and oxygen atoms in total. The van der Waals surface area contributed by atoms with Gasteiger partial charge in [-0.05, 0) is 47.0 Å². The molecule has 6 rings (SSSR count). The summed E-state index contributed by atoms with van der Waals surface area (Å²) in [6.07, 6.45) is 3.79. The monoisotopic (exact) mass is 480 g/mol. The largest absolute Gasteiger partial charge is 0.385 e. The lowest BCUT2D eigenvalue weighted by Crippen LogP contribution is -2.33. The number of ether oxygens (including phenoxy) is 1. The Labute approximate surface area is 207 Å². The van der Waals surface area contributed by atoms with Gasteiger partial charge < -0.3 is 9.84 Å². The number of hydrogen-bond donors (Lipinski definition) is 1. The minimum atomic E-state index is -0.836. The van der Waals surface area contributed by atoms with Crippen LogP contribution in [-0.4, -0.2) is 34.0 Å². The molecule has 0 amide bonds. The third-order valence-electron chi connectivity index (χ3n) is 6.68. The Hall–Kier alpha value is -3.45. The molecule has 1 aliphatic heterocycles. The second-order valence-corrected chi connectivity index (χ2v) is 10.0. The van der Waals surface area contributed by atoms with Gasteiger partial charge in [-0.1, -0.05) is 60.3 Å². The van der Waals surface area contributed by atoms with Gasteiger partial charge >= 0.3 is 0 Å². The molecule has 0 bridgehead atoms. The maximum atomic E-state index is 11.5. The molecule has 1 N–H and O–H groups in total. The van der Waals surface area contributed by atoms with Gasteiger partial charge in [-0.2, -0.15) is 0 Å². The number of carbonyl (C=O) groups is 1. The lowest BCUT2D eigenvalue weighted by molar-refractivity contribution is -0.0680. The van der Waals surface area contributed by atoms with Crippen LogP contribution in [0, 0.1) is 0 Å². The fourth-order valence-electron chi connectivity index (χ4n) is 4.81. The van der Waals surface area contributed by atoms with Crippen molar-refractivity contribution in [2.45, 2.75) is 28.2 Å². The molecule has 0 unspecified atom stereocenters. The second-order valence-electron chi connectivity index (χ2n) is 8.89. The Morgan fingerprint density at radius 2 is 1.74 bits per heavy atom. The van der Waals surface area contributed by atoms with E-state index in [0.29, 0.717) is 31.7 Å². The molecule has 5 aromatic rings. The Morgan fingerprint density at radius 3 is 2.54 bits per heavy atom. The topological polar surface area (TPSA) is 63.8 Å². The van der Waals surface area contributed by atoms with Crippen LogP contribution < -0.4 is 0 Å². The number of aliphatic hydroxyl groups is 1. The first-order valence-corrected chi connectivity index (χ1v) is 12.5. The number of imidazole rings is 1. The summed E-state index contributed by atoms with van der Waals surface area (Å²) in [5.41, 5.74) is 4.43. The molecular weight excluding hydrogens is 456 g/mol. The number of fused-ring (bicyclic) bond motifs is 3. The zero-order valence-electron chi connectivity index (χ0n) is 19.1. The Morgan fingerprint density at radius 1 is 0.943 bits per heavy atom. The lowest BCUT2D eigenvalue weighted by atomic mass is 9.87. The summed E-state index contributed by atoms with van der Waals surface area (Å²) < 4.78 is 7.43. The van der Waals surface area contributed by atoms with E-state index in [1.807, 2.05) is 40.8 Å². The van der Waals surface area contributed by atoms with Crippen molar-refractivity contribution in [1.29, 1.82) is 0 Å². The highest BCUT2D eigenvalue weighted by Crippen LogP contribution is 2.38. The molecule has 1 saturated heterocycles. The van der Waals surface area contributed by atoms with E-state index < -0.39 is 5.60 Å². The van der Waals surface area contributed by atoms with Crippen LogP contribution in [0.4, 0.5) is 0 Å². The fraction of sp³-hybridized carbons (Fsp3) is 0.172. The molecule has 0 spiro atoms. The highest BCUT2D eigenvalue weighted by atomic mass is 32.2. The van der Waals surface area contributed by atoms with Gasteiger partial charge in [0.25, 0.3) is 0 Å². The van der Waals surface area contributed by atoms with Gasteiger partial charge in [0.15, 0.2) is 6.29 Å². The van der Waals surface area contributed by atoms with E-state index in [9.17, 15) is 9.90 Å². The number of aromatic nitrogens is 2. The fourth-order valence-corrected chi connectivity index (χ4v) is 5.72. The van der Waals surface area contributed by atoms with Crippen LogP contribution in [0.1, 0.15) is 28.9 Å². The molecule has 0 aliphatic carbocycles. The first-order valence-electron chi connectivity index (χ1n) is 11.7. The van der Waals surface area contributed by atoms with E-state index in [1.54, 1.807) is 18.0 Å². The van der Waals surface area contributed by atoms with E-state index in [4.69, 9.17) is 4.74 Å². The van der Waals surface area contributed by atoms with E-state index >= 15 is 0 Å². The van der Waals surface area contributed by atoms with Crippen LogP contribution in [0.15, 0.2) is 94.9 Å². The van der Waals surface area contributed by atoms with Crippen molar-refractivity contribution >= 4 is 34.6 Å². The van der Waals surface area contributed by atoms with Crippen molar-refractivity contribution in [3.63, 3.8) is 0 Å². The van der Waals surface area contributed by atoms with Crippen molar-refractivity contribution in [3.8, 4) is 11.1 Å². The van der Waals surface area contributed by atoms with Crippen molar-refractivity contribution in [1.82, 2.24) is 9.38 Å². The maximum absolute atomic E-state index is 11.5. The number of rotatable bonds is 5. The average molecular weight is 481 g/mol. The summed E-state index contributed by atoms with van der Waals surface area (Å²) in [4.78, 5) is 18.1. The molecule has 3 aromatic carbocycles. The van der Waals surface area contributed by atoms with Gasteiger partial charge in [0, 0.05) is 47.4 Å². The zero-order valence-corrected chi connectivity index (χ0v) is 19.9. The molecule has 1 fully saturated rings. The SMILES string of the molecule is O=Cc1cn2c(cc(-c3ccccc3)c3ccc(Sc4cccc(C5(O)CCOCC5)c4)cc32)n1. The minimum Gasteiger partial charge on any atom is -0.385 e. The number of nitrogens with zero attached hydrogens (tertiary/aromatic N) is 2. The number of benzene rings is 3. The standard InChI is InChI=1S/C29H24N2O3S/c32-19-22-18-31-27-16-24(35-23-8-4-7-21(15-23)29(33)11-13-34-14-12-29)9-10-25(27)26(17-28(31)30-22)20-5-2-1-3-6-20/h1-10,15-19,33H,11-14H2. The lowest BCUT2D eigenvalue weighted by Gasteiger charge is -2.32. The highest BCUT2D eigenvalue weighted by molar-refractivity contribution is 7.99. The molecule has 0 saturated carbocycles. The van der Waals surface area contributed by atoms with Crippen LogP contribution in [0.3, 0.4) is 0 Å². The van der Waals surface area contributed by atoms with E-state index in [1.165, 1.54) is 0 Å². The summed E-state index contributed by atoms with van der Waals surface area (Å²) in [6.45, 7) is 1.15. The summed E-state index contributed by atoms with van der Waals surface area (Å²) in [6, 6.07) is 26.8. The Balaban J connectivity index is 1.44. The van der Waals surface area contributed by atoms with Crippen LogP contribution in [0.2, 0.25) is 0 Å². The molecule has 35 heavy (non-hydrogen) atoms. The summed E-state index contributed by atoms with van der Waals surface area (Å²) in [7, 11) is 0. The van der Waals surface area contributed by atoms with Crippen LogP contribution in [0.25, 0.3) is 27.7 Å². The van der Waals surface area contributed by atoms with Gasteiger partial charge in [-0.25, -0.2) is 4.98 Å². The normalized spacial score (nSPS) is 15.5. The van der Waals surface area contributed by atoms with Crippen molar-refractivity contribution in [2.75, 3.05) is 13.2 Å². The molecule has 1 aliphatic rings. The van der Waals surface area contributed by atoms with E-state index in [2.05, 4.69) is 47.4 Å². The number of carbonyl (C=O) groups excluding carboxylic acids is 1. The average Bonchev–Trinajstić information content (AvgIpc) is 3.33. The molecule has 174 valence electrons. The molecule has 3 heterocycles. The zero-order chi connectivity index (χ0) is 23.8. The smallest absolute Gasteiger partial charge is 0.170 e. The van der Waals surface area contributed by atoms with Gasteiger partial charge in [-0.3, -0.25) is 9.20 Å². The predicted octanol–water partition coefficient (Wildman–Crippen LogP) is 6.12. The summed E-state index contributed by atoms with van der Waals surface area (Å²) >= 11 is 1.66. The van der Waals surface area contributed by atoms with Crippen molar-refractivity contribution in [3.05, 3.63) is 96.3 Å². The summed E-state index contributed by atoms with van der Waals surface area (Å²) in [5.74, 6) is 0. The predicted molar refractivity (Wildman–Crippen MR) is 138 cm³/mol. The first kappa shape index (κ1) is 22.0. The van der Waals surface area contributed by atoms with Gasteiger partial charge in [-0.15, -0.1) is 0 Å². The second kappa shape index (κ2) is 8.96. The first-order chi connectivity index (χ1) is 17.1. The molecular formula is C29H24N2O3S. The van der Waals surface area contributed by atoms with Crippen molar-refractivity contribution in [2.24, 2.45) is 0 Å². The van der Waals surface area contributed by atoms with E-state index in [-0.39, 0.29) is 0 Å². The van der Waals surface area contributed by atoms with Crippen LogP contribution >= 0.6 is 11.8 Å². The number of aldehydes is 1. The minimum absolute atomic E-state index is 0.409. The van der Waals surface area contributed by atoms with Crippen LogP contribution in [-0.2, 0) is 10.3 Å². The highest BCUT2D eigenvalue weighted by Gasteiger charge is 2.31. The number of pyridine rings is 1. The third-order valence-corrected chi connectivity index (χ3v) is 7.66. The maximum Gasteiger partial charge on any atom is 0.170 e. The van der Waals surface area contributed by atoms with Gasteiger partial charge in [0.05, 0.1) is 11.1 Å². The molecule has 6 heteroatoms. The van der Waals surface area contributed by atoms with E-state index in [0.717, 1.165) is 49.3 Å². The van der Waals surface area contributed by atoms with Crippen LogP contribution in [0.5, 0.6) is 0 Å². The van der Waals surface area contributed by atoms with Crippen molar-refractivity contribution < 1.29 is 14.6 Å². The molecule has 0 radical (unpaired) electrons. The molecule has 0 atom stereocenters. The van der Waals surface area contributed by atoms with Gasteiger partial charge in [0.1, 0.15) is 11.3 Å².